The Hall–Kier alpha value is -1.26. The van der Waals surface area contributed by atoms with E-state index in [1.165, 1.54) is 0 Å². The van der Waals surface area contributed by atoms with Gasteiger partial charge in [0.1, 0.15) is 11.5 Å². The molecule has 1 fully saturated rings. The second-order valence-corrected chi connectivity index (χ2v) is 4.84. The highest BCUT2D eigenvalue weighted by Crippen LogP contribution is 2.36. The van der Waals surface area contributed by atoms with E-state index in [9.17, 15) is 0 Å². The lowest BCUT2D eigenvalue weighted by molar-refractivity contribution is 0.377. The van der Waals surface area contributed by atoms with Crippen LogP contribution in [0.25, 0.3) is 0 Å². The lowest BCUT2D eigenvalue weighted by Gasteiger charge is -2.23. The normalized spacial score (nSPS) is 20.8. The van der Waals surface area contributed by atoms with Crippen molar-refractivity contribution in [2.75, 3.05) is 27.3 Å². The number of aryl methyl sites for hydroxylation is 1. The number of methoxy groups -OCH3 is 2. The molecule has 3 N–H and O–H groups in total. The number of rotatable bonds is 4. The molecule has 0 aromatic heterocycles. The molecule has 1 aromatic carbocycles. The van der Waals surface area contributed by atoms with Gasteiger partial charge in [0.15, 0.2) is 0 Å². The molecule has 18 heavy (non-hydrogen) atoms. The van der Waals surface area contributed by atoms with Gasteiger partial charge in [0.2, 0.25) is 0 Å². The Kier molecular flexibility index (Phi) is 4.09. The summed E-state index contributed by atoms with van der Waals surface area (Å²) < 4.78 is 10.7. The van der Waals surface area contributed by atoms with Gasteiger partial charge in [-0.2, -0.15) is 0 Å². The lowest BCUT2D eigenvalue weighted by atomic mass is 9.89. The highest BCUT2D eigenvalue weighted by atomic mass is 16.5. The van der Waals surface area contributed by atoms with Crippen LogP contribution in [-0.4, -0.2) is 27.3 Å². The van der Waals surface area contributed by atoms with Gasteiger partial charge in [-0.15, -0.1) is 0 Å². The second-order valence-electron chi connectivity index (χ2n) is 4.84. The minimum absolute atomic E-state index is 0.0147. The summed E-state index contributed by atoms with van der Waals surface area (Å²) in [5.74, 6) is 2.11. The van der Waals surface area contributed by atoms with Crippen LogP contribution < -0.4 is 20.5 Å². The van der Waals surface area contributed by atoms with Crippen LogP contribution in [0.4, 0.5) is 0 Å². The molecule has 0 spiro atoms. The summed E-state index contributed by atoms with van der Waals surface area (Å²) in [5.41, 5.74) is 8.64. The van der Waals surface area contributed by atoms with Crippen molar-refractivity contribution in [2.45, 2.75) is 19.4 Å². The summed E-state index contributed by atoms with van der Waals surface area (Å²) in [7, 11) is 3.34. The molecule has 100 valence electrons. The number of nitrogens with two attached hydrogens (primary N) is 1. The molecular formula is C14H22N2O2. The van der Waals surface area contributed by atoms with Crippen LogP contribution in [0.5, 0.6) is 11.5 Å². The van der Waals surface area contributed by atoms with Gasteiger partial charge in [-0.3, -0.25) is 0 Å². The molecule has 0 aliphatic carbocycles. The van der Waals surface area contributed by atoms with Gasteiger partial charge >= 0.3 is 0 Å². The molecule has 2 rings (SSSR count). The molecule has 0 saturated carbocycles. The summed E-state index contributed by atoms with van der Waals surface area (Å²) in [6.45, 7) is 4.09. The van der Waals surface area contributed by atoms with Crippen molar-refractivity contribution in [1.82, 2.24) is 5.32 Å². The average molecular weight is 250 g/mol. The van der Waals surface area contributed by atoms with Crippen molar-refractivity contribution in [3.05, 3.63) is 23.3 Å². The minimum Gasteiger partial charge on any atom is -0.497 e. The van der Waals surface area contributed by atoms with Crippen molar-refractivity contribution in [3.63, 3.8) is 0 Å². The molecular weight excluding hydrogens is 228 g/mol. The Bertz CT molecular complexity index is 415. The maximum atomic E-state index is 6.41. The third-order valence-corrected chi connectivity index (χ3v) is 3.72. The molecule has 0 radical (unpaired) electrons. The monoisotopic (exact) mass is 250 g/mol. The fraction of sp³-hybridized carbons (Fsp3) is 0.571. The van der Waals surface area contributed by atoms with E-state index in [0.717, 1.165) is 42.1 Å². The highest BCUT2D eigenvalue weighted by molar-refractivity contribution is 5.48. The van der Waals surface area contributed by atoms with Crippen LogP contribution in [0.2, 0.25) is 0 Å². The molecule has 2 atom stereocenters. The lowest BCUT2D eigenvalue weighted by Crippen LogP contribution is -2.24. The van der Waals surface area contributed by atoms with E-state index in [4.69, 9.17) is 15.2 Å². The first-order valence-corrected chi connectivity index (χ1v) is 6.36. The summed E-state index contributed by atoms with van der Waals surface area (Å²) in [5, 5.41) is 3.36. The average Bonchev–Trinajstić information content (AvgIpc) is 2.90. The van der Waals surface area contributed by atoms with E-state index >= 15 is 0 Å². The van der Waals surface area contributed by atoms with E-state index in [1.807, 2.05) is 12.1 Å². The van der Waals surface area contributed by atoms with Crippen molar-refractivity contribution < 1.29 is 9.47 Å². The predicted molar refractivity (Wildman–Crippen MR) is 72.2 cm³/mol. The van der Waals surface area contributed by atoms with E-state index in [-0.39, 0.29) is 6.04 Å². The van der Waals surface area contributed by atoms with E-state index in [0.29, 0.717) is 5.92 Å². The zero-order valence-electron chi connectivity index (χ0n) is 11.3. The van der Waals surface area contributed by atoms with Crippen LogP contribution in [-0.2, 0) is 0 Å². The summed E-state index contributed by atoms with van der Waals surface area (Å²) in [4.78, 5) is 0. The van der Waals surface area contributed by atoms with Gasteiger partial charge in [0.05, 0.1) is 14.2 Å². The van der Waals surface area contributed by atoms with E-state index in [1.54, 1.807) is 14.2 Å². The number of nitrogens with one attached hydrogen (secondary N) is 1. The van der Waals surface area contributed by atoms with Crippen LogP contribution in [0.1, 0.15) is 23.6 Å². The molecule has 1 aromatic rings. The molecule has 4 heteroatoms. The molecule has 1 heterocycles. The van der Waals surface area contributed by atoms with Crippen molar-refractivity contribution in [2.24, 2.45) is 11.7 Å². The van der Waals surface area contributed by atoms with Gasteiger partial charge in [-0.05, 0) is 44.0 Å². The largest absolute Gasteiger partial charge is 0.497 e. The van der Waals surface area contributed by atoms with Gasteiger partial charge in [0, 0.05) is 17.7 Å². The van der Waals surface area contributed by atoms with Crippen molar-refractivity contribution >= 4 is 0 Å². The zero-order chi connectivity index (χ0) is 13.1. The van der Waals surface area contributed by atoms with E-state index < -0.39 is 0 Å². The smallest absolute Gasteiger partial charge is 0.127 e. The third-order valence-electron chi connectivity index (χ3n) is 3.72. The number of hydrogen-bond donors (Lipinski definition) is 2. The van der Waals surface area contributed by atoms with Crippen LogP contribution in [0, 0.1) is 12.8 Å². The molecule has 0 bridgehead atoms. The van der Waals surface area contributed by atoms with Gasteiger partial charge in [0.25, 0.3) is 0 Å². The van der Waals surface area contributed by atoms with Gasteiger partial charge in [-0.25, -0.2) is 0 Å². The fourth-order valence-electron chi connectivity index (χ4n) is 2.67. The van der Waals surface area contributed by atoms with Crippen molar-refractivity contribution in [1.29, 1.82) is 0 Å². The second kappa shape index (κ2) is 5.59. The third kappa shape index (κ3) is 2.44. The summed E-state index contributed by atoms with van der Waals surface area (Å²) in [6, 6.07) is 3.94. The SMILES string of the molecule is COc1cc(C)c(C(N)C2CCNC2)c(OC)c1. The van der Waals surface area contributed by atoms with Crippen LogP contribution in [0.15, 0.2) is 12.1 Å². The Morgan fingerprint density at radius 3 is 2.67 bits per heavy atom. The molecule has 1 saturated heterocycles. The molecule has 1 aliphatic rings. The molecule has 2 unspecified atom stereocenters. The Labute approximate surface area is 108 Å². The van der Waals surface area contributed by atoms with Crippen molar-refractivity contribution in [3.8, 4) is 11.5 Å². The van der Waals surface area contributed by atoms with Crippen LogP contribution >= 0.6 is 0 Å². The maximum Gasteiger partial charge on any atom is 0.127 e. The number of benzene rings is 1. The predicted octanol–water partition coefficient (Wildman–Crippen LogP) is 1.62. The fourth-order valence-corrected chi connectivity index (χ4v) is 2.67. The maximum absolute atomic E-state index is 6.41. The van der Waals surface area contributed by atoms with Gasteiger partial charge < -0.3 is 20.5 Å². The number of hydrogen-bond acceptors (Lipinski definition) is 4. The van der Waals surface area contributed by atoms with Gasteiger partial charge in [-0.1, -0.05) is 0 Å². The minimum atomic E-state index is 0.0147. The molecule has 0 amide bonds. The Balaban J connectivity index is 2.35. The topological polar surface area (TPSA) is 56.5 Å². The first kappa shape index (κ1) is 13.2. The Morgan fingerprint density at radius 1 is 1.33 bits per heavy atom. The standard InChI is InChI=1S/C14H22N2O2/c1-9-6-11(17-2)7-12(18-3)13(9)14(15)10-4-5-16-8-10/h6-7,10,14,16H,4-5,8,15H2,1-3H3. The first-order chi connectivity index (χ1) is 8.67. The summed E-state index contributed by atoms with van der Waals surface area (Å²) in [6.07, 6.45) is 1.12. The quantitative estimate of drug-likeness (QED) is 0.852. The number of ether oxygens (including phenoxy) is 2. The Morgan fingerprint density at radius 2 is 2.11 bits per heavy atom. The highest BCUT2D eigenvalue weighted by Gasteiger charge is 2.27. The zero-order valence-corrected chi connectivity index (χ0v) is 11.3. The first-order valence-electron chi connectivity index (χ1n) is 6.36. The molecule has 1 aliphatic heterocycles. The van der Waals surface area contributed by atoms with Crippen LogP contribution in [0.3, 0.4) is 0 Å². The summed E-state index contributed by atoms with van der Waals surface area (Å²) >= 11 is 0. The molecule has 4 nitrogen and oxygen atoms in total. The van der Waals surface area contributed by atoms with E-state index in [2.05, 4.69) is 12.2 Å².